The highest BCUT2D eigenvalue weighted by molar-refractivity contribution is 6.30. The summed E-state index contributed by atoms with van der Waals surface area (Å²) >= 11 is 5.87. The van der Waals surface area contributed by atoms with Crippen LogP contribution in [0.15, 0.2) is 29.5 Å². The third-order valence-electron chi connectivity index (χ3n) is 3.31. The molecule has 0 saturated heterocycles. The van der Waals surface area contributed by atoms with Crippen molar-refractivity contribution >= 4 is 29.1 Å². The smallest absolute Gasteiger partial charge is 0.306 e. The van der Waals surface area contributed by atoms with E-state index in [1.165, 1.54) is 13.8 Å². The molecule has 136 valence electrons. The Labute approximate surface area is 151 Å². The van der Waals surface area contributed by atoms with Gasteiger partial charge in [0.05, 0.1) is 12.2 Å². The lowest BCUT2D eigenvalue weighted by Crippen LogP contribution is -2.15. The molecule has 0 saturated carbocycles. The van der Waals surface area contributed by atoms with Gasteiger partial charge in [-0.05, 0) is 51.0 Å². The van der Waals surface area contributed by atoms with Gasteiger partial charge in [0.1, 0.15) is 18.1 Å². The van der Waals surface area contributed by atoms with Gasteiger partial charge in [-0.3, -0.25) is 9.59 Å². The molecule has 0 fully saturated rings. The number of ketones is 1. The van der Waals surface area contributed by atoms with Crippen molar-refractivity contribution in [1.29, 1.82) is 5.41 Å². The molecule has 6 nitrogen and oxygen atoms in total. The summed E-state index contributed by atoms with van der Waals surface area (Å²) in [5.41, 5.74) is 0.700. The monoisotopic (exact) mass is 367 g/mol. The molecule has 0 spiro atoms. The number of Topliss-reactive ketones (excluding diaryl/α,β-unsaturated/α-hetero) is 1. The van der Waals surface area contributed by atoms with Crippen LogP contribution in [0.3, 0.4) is 0 Å². The summed E-state index contributed by atoms with van der Waals surface area (Å²) < 4.78 is 10.5. The summed E-state index contributed by atoms with van der Waals surface area (Å²) in [6.45, 7) is 4.40. The highest BCUT2D eigenvalue weighted by atomic mass is 35.5. The summed E-state index contributed by atoms with van der Waals surface area (Å²) in [5.74, 6) is -0.686. The van der Waals surface area contributed by atoms with Crippen LogP contribution in [-0.4, -0.2) is 35.8 Å². The molecule has 1 aromatic rings. The van der Waals surface area contributed by atoms with Gasteiger partial charge in [-0.15, -0.1) is 0 Å². The molecule has 0 bridgehead atoms. The second kappa shape index (κ2) is 9.84. The molecule has 0 heterocycles. The van der Waals surface area contributed by atoms with E-state index in [-0.39, 0.29) is 17.7 Å². The van der Waals surface area contributed by atoms with Crippen molar-refractivity contribution in [3.8, 4) is 5.75 Å². The molecule has 0 aliphatic carbocycles. The molecule has 0 radical (unpaired) electrons. The highest BCUT2D eigenvalue weighted by Crippen LogP contribution is 2.21. The number of hydrogen-bond donors (Lipinski definition) is 2. The topological polar surface area (TPSA) is 96.7 Å². The van der Waals surface area contributed by atoms with Crippen LogP contribution in [0.1, 0.15) is 32.3 Å². The van der Waals surface area contributed by atoms with Gasteiger partial charge >= 0.3 is 5.97 Å². The van der Waals surface area contributed by atoms with Crippen LogP contribution in [-0.2, 0) is 14.3 Å². The Morgan fingerprint density at radius 2 is 1.96 bits per heavy atom. The second-order valence-electron chi connectivity index (χ2n) is 5.53. The van der Waals surface area contributed by atoms with Crippen molar-refractivity contribution in [2.24, 2.45) is 0 Å². The maximum absolute atomic E-state index is 11.7. The Morgan fingerprint density at radius 1 is 1.28 bits per heavy atom. The molecule has 2 N–H and O–H groups in total. The zero-order chi connectivity index (χ0) is 19.0. The third-order valence-corrected chi connectivity index (χ3v) is 3.54. The van der Waals surface area contributed by atoms with Crippen LogP contribution < -0.4 is 4.74 Å². The fraction of sp³-hybridized carbons (Fsp3) is 0.389. The van der Waals surface area contributed by atoms with Crippen molar-refractivity contribution in [2.75, 3.05) is 13.2 Å². The van der Waals surface area contributed by atoms with E-state index in [9.17, 15) is 14.7 Å². The predicted octanol–water partition coefficient (Wildman–Crippen LogP) is 3.79. The summed E-state index contributed by atoms with van der Waals surface area (Å²) in [7, 11) is 0. The first-order valence-corrected chi connectivity index (χ1v) is 8.13. The Bertz CT molecular complexity index is 681. The number of nitrogens with one attached hydrogen (secondary N) is 1. The van der Waals surface area contributed by atoms with Gasteiger partial charge in [0.2, 0.25) is 0 Å². The van der Waals surface area contributed by atoms with E-state index in [4.69, 9.17) is 26.5 Å². The average Bonchev–Trinajstić information content (AvgIpc) is 2.50. The number of aliphatic hydroxyl groups is 1. The van der Waals surface area contributed by atoms with Crippen LogP contribution in [0.25, 0.3) is 0 Å². The molecule has 7 heteroatoms. The molecule has 0 aliphatic heterocycles. The van der Waals surface area contributed by atoms with Crippen LogP contribution in [0.4, 0.5) is 0 Å². The van der Waals surface area contributed by atoms with E-state index in [0.29, 0.717) is 23.8 Å². The molecule has 0 atom stereocenters. The van der Waals surface area contributed by atoms with Gasteiger partial charge in [0.25, 0.3) is 0 Å². The van der Waals surface area contributed by atoms with Crippen LogP contribution in [0, 0.1) is 12.3 Å². The van der Waals surface area contributed by atoms with E-state index in [2.05, 4.69) is 0 Å². The van der Waals surface area contributed by atoms with E-state index in [1.807, 2.05) is 6.92 Å². The SMILES string of the molecule is CC(=N)/C(C(C)=O)=C(\O)COC(=O)CCCOc1ccc(Cl)cc1C. The number of hydrogen-bond acceptors (Lipinski definition) is 6. The minimum atomic E-state index is -0.520. The van der Waals surface area contributed by atoms with Gasteiger partial charge in [0.15, 0.2) is 5.78 Å². The van der Waals surface area contributed by atoms with Crippen molar-refractivity contribution in [1.82, 2.24) is 0 Å². The fourth-order valence-corrected chi connectivity index (χ4v) is 2.38. The molecule has 0 aromatic heterocycles. The minimum absolute atomic E-state index is 0.0761. The van der Waals surface area contributed by atoms with E-state index >= 15 is 0 Å². The summed E-state index contributed by atoms with van der Waals surface area (Å²) in [6, 6.07) is 5.28. The molecule has 0 unspecified atom stereocenters. The van der Waals surface area contributed by atoms with Crippen molar-refractivity contribution < 1.29 is 24.2 Å². The molecule has 1 aromatic carbocycles. The molecular weight excluding hydrogens is 346 g/mol. The van der Waals surface area contributed by atoms with Gasteiger partial charge in [-0.25, -0.2) is 0 Å². The Balaban J connectivity index is 2.39. The molecular formula is C18H22ClNO5. The lowest BCUT2D eigenvalue weighted by Gasteiger charge is -2.10. The fourth-order valence-electron chi connectivity index (χ4n) is 2.15. The maximum Gasteiger partial charge on any atom is 0.306 e. The first-order chi connectivity index (χ1) is 11.7. The molecule has 0 amide bonds. The maximum atomic E-state index is 11.7. The van der Waals surface area contributed by atoms with Gasteiger partial charge in [-0.1, -0.05) is 11.6 Å². The Morgan fingerprint density at radius 3 is 2.52 bits per heavy atom. The number of allylic oxidation sites excluding steroid dienone is 1. The van der Waals surface area contributed by atoms with E-state index in [0.717, 1.165) is 5.56 Å². The summed E-state index contributed by atoms with van der Waals surface area (Å²) in [5, 5.41) is 17.9. The molecule has 1 rings (SSSR count). The van der Waals surface area contributed by atoms with Crippen LogP contribution in [0.2, 0.25) is 5.02 Å². The zero-order valence-electron chi connectivity index (χ0n) is 14.5. The van der Waals surface area contributed by atoms with Gasteiger partial charge < -0.3 is 20.0 Å². The average molecular weight is 368 g/mol. The number of benzene rings is 1. The number of esters is 1. The summed E-state index contributed by atoms with van der Waals surface area (Å²) in [4.78, 5) is 23.0. The predicted molar refractivity (Wildman–Crippen MR) is 95.6 cm³/mol. The Hall–Kier alpha value is -2.34. The van der Waals surface area contributed by atoms with Crippen LogP contribution in [0.5, 0.6) is 5.75 Å². The van der Waals surface area contributed by atoms with Gasteiger partial charge in [0, 0.05) is 17.2 Å². The van der Waals surface area contributed by atoms with Crippen molar-refractivity contribution in [3.05, 3.63) is 40.1 Å². The first kappa shape index (κ1) is 20.7. The normalized spacial score (nSPS) is 11.5. The number of carbonyl (C=O) groups is 2. The van der Waals surface area contributed by atoms with Gasteiger partial charge in [-0.2, -0.15) is 0 Å². The summed E-state index contributed by atoms with van der Waals surface area (Å²) in [6.07, 6.45) is 0.549. The largest absolute Gasteiger partial charge is 0.508 e. The molecule has 0 aliphatic rings. The number of aliphatic hydroxyl groups excluding tert-OH is 1. The second-order valence-corrected chi connectivity index (χ2v) is 5.96. The quantitative estimate of drug-likeness (QED) is 0.227. The lowest BCUT2D eigenvalue weighted by molar-refractivity contribution is -0.143. The van der Waals surface area contributed by atoms with Crippen molar-refractivity contribution in [2.45, 2.75) is 33.6 Å². The standard InChI is InChI=1S/C18H22ClNO5/c1-11-9-14(19)6-7-16(11)24-8-4-5-17(23)25-10-15(22)18(12(2)20)13(3)21/h6-7,9,20,22H,4-5,8,10H2,1-3H3/b18-15+,20-12?. The number of ether oxygens (including phenoxy) is 2. The minimum Gasteiger partial charge on any atom is -0.508 e. The van der Waals surface area contributed by atoms with Crippen LogP contribution >= 0.6 is 11.6 Å². The zero-order valence-corrected chi connectivity index (χ0v) is 15.3. The highest BCUT2D eigenvalue weighted by Gasteiger charge is 2.15. The first-order valence-electron chi connectivity index (χ1n) is 7.75. The lowest BCUT2D eigenvalue weighted by atomic mass is 10.1. The number of carbonyl (C=O) groups excluding carboxylic acids is 2. The third kappa shape index (κ3) is 6.97. The molecule has 25 heavy (non-hydrogen) atoms. The number of aryl methyl sites for hydroxylation is 1. The van der Waals surface area contributed by atoms with Crippen molar-refractivity contribution in [3.63, 3.8) is 0 Å². The Kier molecular flexibility index (Phi) is 8.15. The van der Waals surface area contributed by atoms with E-state index < -0.39 is 24.1 Å². The number of rotatable bonds is 9. The number of halogens is 1. The van der Waals surface area contributed by atoms with E-state index in [1.54, 1.807) is 18.2 Å².